The fourth-order valence-corrected chi connectivity index (χ4v) is 4.25. The summed E-state index contributed by atoms with van der Waals surface area (Å²) in [6.45, 7) is 12.2. The van der Waals surface area contributed by atoms with Gasteiger partial charge in [0.1, 0.15) is 5.75 Å². The second kappa shape index (κ2) is 8.44. The first-order valence-electron chi connectivity index (χ1n) is 10.1. The number of amides is 1. The van der Waals surface area contributed by atoms with Gasteiger partial charge >= 0.3 is 0 Å². The smallest absolute Gasteiger partial charge is 0.219 e. The molecule has 0 bridgehead atoms. The minimum Gasteiger partial charge on any atom is -0.495 e. The Kier molecular flexibility index (Phi) is 5.71. The van der Waals surface area contributed by atoms with Crippen molar-refractivity contribution in [2.45, 2.75) is 32.9 Å². The van der Waals surface area contributed by atoms with Gasteiger partial charge in [0.25, 0.3) is 0 Å². The van der Waals surface area contributed by atoms with E-state index in [9.17, 15) is 4.79 Å². The van der Waals surface area contributed by atoms with E-state index in [2.05, 4.69) is 17.1 Å². The second-order valence-corrected chi connectivity index (χ2v) is 8.08. The van der Waals surface area contributed by atoms with E-state index in [0.29, 0.717) is 36.0 Å². The molecule has 7 heteroatoms. The predicted octanol–water partition coefficient (Wildman–Crippen LogP) is 5.53. The molecule has 0 spiro atoms. The Labute approximate surface area is 186 Å². The van der Waals surface area contributed by atoms with Crippen molar-refractivity contribution in [2.24, 2.45) is 0 Å². The fourth-order valence-electron chi connectivity index (χ4n) is 3.98. The van der Waals surface area contributed by atoms with Crippen molar-refractivity contribution in [1.29, 1.82) is 0 Å². The maximum absolute atomic E-state index is 12.0. The number of rotatable bonds is 4. The van der Waals surface area contributed by atoms with E-state index < -0.39 is 0 Å². The SMILES string of the molecule is [C-]#[N+]c1ccc2nc3c(c(NC(C)c4ccc(OC)c(Cl)c4)c2c1)CN(C(C)=O)CC3. The second-order valence-electron chi connectivity index (χ2n) is 7.68. The van der Waals surface area contributed by atoms with Gasteiger partial charge in [0.05, 0.1) is 24.2 Å². The van der Waals surface area contributed by atoms with E-state index in [1.54, 1.807) is 20.1 Å². The van der Waals surface area contributed by atoms with Gasteiger partial charge in [-0.05, 0) is 36.8 Å². The number of ether oxygens (including phenoxy) is 1. The Bertz CT molecular complexity index is 1220. The number of carbonyl (C=O) groups is 1. The monoisotopic (exact) mass is 434 g/mol. The average Bonchev–Trinajstić information content (AvgIpc) is 2.78. The number of hydrogen-bond donors (Lipinski definition) is 1. The molecule has 0 aliphatic carbocycles. The van der Waals surface area contributed by atoms with Crippen LogP contribution in [0.5, 0.6) is 5.75 Å². The number of fused-ring (bicyclic) bond motifs is 2. The van der Waals surface area contributed by atoms with Crippen LogP contribution in [0.1, 0.15) is 36.7 Å². The van der Waals surface area contributed by atoms with Crippen LogP contribution in [0.25, 0.3) is 15.7 Å². The molecule has 0 fully saturated rings. The van der Waals surface area contributed by atoms with Gasteiger partial charge in [-0.25, -0.2) is 4.85 Å². The molecule has 2 aromatic carbocycles. The Balaban J connectivity index is 1.82. The molecule has 1 unspecified atom stereocenters. The molecule has 1 N–H and O–H groups in total. The molecule has 1 aliphatic rings. The summed E-state index contributed by atoms with van der Waals surface area (Å²) in [5, 5.41) is 5.05. The van der Waals surface area contributed by atoms with Gasteiger partial charge in [0.2, 0.25) is 5.91 Å². The molecule has 0 radical (unpaired) electrons. The summed E-state index contributed by atoms with van der Waals surface area (Å²) in [4.78, 5) is 22.3. The maximum atomic E-state index is 12.0. The number of nitrogens with zero attached hydrogens (tertiary/aromatic N) is 3. The summed E-state index contributed by atoms with van der Waals surface area (Å²) in [6, 6.07) is 11.2. The molecule has 4 rings (SSSR count). The normalized spacial score (nSPS) is 14.0. The highest BCUT2D eigenvalue weighted by molar-refractivity contribution is 6.32. The molecule has 0 saturated carbocycles. The number of aromatic nitrogens is 1. The number of benzene rings is 2. The lowest BCUT2D eigenvalue weighted by molar-refractivity contribution is -0.129. The topological polar surface area (TPSA) is 58.8 Å². The Morgan fingerprint density at radius 2 is 2.13 bits per heavy atom. The predicted molar refractivity (Wildman–Crippen MR) is 123 cm³/mol. The van der Waals surface area contributed by atoms with Crippen LogP contribution in [-0.2, 0) is 17.8 Å². The highest BCUT2D eigenvalue weighted by Gasteiger charge is 2.25. The Morgan fingerprint density at radius 3 is 2.81 bits per heavy atom. The number of pyridine rings is 1. The first-order chi connectivity index (χ1) is 14.9. The van der Waals surface area contributed by atoms with Gasteiger partial charge in [0, 0.05) is 54.8 Å². The van der Waals surface area contributed by atoms with E-state index in [1.807, 2.05) is 35.2 Å². The molecule has 1 atom stereocenters. The average molecular weight is 435 g/mol. The Morgan fingerprint density at radius 1 is 1.32 bits per heavy atom. The molecular weight excluding hydrogens is 412 g/mol. The minimum atomic E-state index is -0.0672. The summed E-state index contributed by atoms with van der Waals surface area (Å²) < 4.78 is 5.26. The standard InChI is InChI=1S/C24H23ClN4O2/c1-14(16-5-8-23(31-4)20(25)11-16)27-24-18-12-17(26-3)6-7-21(18)28-22-9-10-29(15(2)30)13-19(22)24/h5-8,11-12,14H,9-10,13H2,1-2,4H3,(H,27,28). The highest BCUT2D eigenvalue weighted by atomic mass is 35.5. The minimum absolute atomic E-state index is 0.0431. The maximum Gasteiger partial charge on any atom is 0.219 e. The van der Waals surface area contributed by atoms with Crippen LogP contribution in [-0.4, -0.2) is 29.4 Å². The summed E-state index contributed by atoms with van der Waals surface area (Å²) in [6.07, 6.45) is 0.701. The van der Waals surface area contributed by atoms with Crippen LogP contribution < -0.4 is 10.1 Å². The zero-order valence-corrected chi connectivity index (χ0v) is 18.5. The largest absolute Gasteiger partial charge is 0.495 e. The number of anilines is 1. The lowest BCUT2D eigenvalue weighted by atomic mass is 9.98. The van der Waals surface area contributed by atoms with Crippen molar-refractivity contribution in [2.75, 3.05) is 19.0 Å². The molecule has 158 valence electrons. The molecule has 1 aromatic heterocycles. The molecule has 1 aliphatic heterocycles. The van der Waals surface area contributed by atoms with Gasteiger partial charge in [-0.2, -0.15) is 0 Å². The van der Waals surface area contributed by atoms with Gasteiger partial charge < -0.3 is 15.0 Å². The van der Waals surface area contributed by atoms with Gasteiger partial charge in [-0.1, -0.05) is 23.7 Å². The van der Waals surface area contributed by atoms with Crippen LogP contribution in [0, 0.1) is 6.57 Å². The number of halogens is 1. The number of carbonyl (C=O) groups excluding carboxylic acids is 1. The molecular formula is C24H23ClN4O2. The van der Waals surface area contributed by atoms with Gasteiger partial charge in [-0.15, -0.1) is 0 Å². The number of methoxy groups -OCH3 is 1. The van der Waals surface area contributed by atoms with Crippen molar-refractivity contribution in [3.63, 3.8) is 0 Å². The quantitative estimate of drug-likeness (QED) is 0.549. The van der Waals surface area contributed by atoms with Crippen LogP contribution in [0.2, 0.25) is 5.02 Å². The van der Waals surface area contributed by atoms with Crippen molar-refractivity contribution in [3.8, 4) is 5.75 Å². The first-order valence-corrected chi connectivity index (χ1v) is 10.5. The molecule has 0 saturated heterocycles. The van der Waals surface area contributed by atoms with E-state index in [4.69, 9.17) is 27.9 Å². The number of nitrogens with one attached hydrogen (secondary N) is 1. The van der Waals surface area contributed by atoms with E-state index >= 15 is 0 Å². The van der Waals surface area contributed by atoms with E-state index in [1.165, 1.54) is 0 Å². The van der Waals surface area contributed by atoms with Crippen LogP contribution in [0.3, 0.4) is 0 Å². The van der Waals surface area contributed by atoms with Crippen molar-refractivity contribution in [1.82, 2.24) is 9.88 Å². The van der Waals surface area contributed by atoms with E-state index in [-0.39, 0.29) is 11.9 Å². The summed E-state index contributed by atoms with van der Waals surface area (Å²) in [5.74, 6) is 0.671. The van der Waals surface area contributed by atoms with Crippen LogP contribution in [0.15, 0.2) is 36.4 Å². The zero-order valence-electron chi connectivity index (χ0n) is 17.7. The summed E-state index contributed by atoms with van der Waals surface area (Å²) in [5.41, 5.74) is 5.30. The van der Waals surface area contributed by atoms with Crippen molar-refractivity contribution in [3.05, 3.63) is 69.7 Å². The summed E-state index contributed by atoms with van der Waals surface area (Å²) >= 11 is 6.34. The van der Waals surface area contributed by atoms with Gasteiger partial charge in [-0.3, -0.25) is 9.78 Å². The van der Waals surface area contributed by atoms with Crippen LogP contribution >= 0.6 is 11.6 Å². The van der Waals surface area contributed by atoms with Crippen molar-refractivity contribution >= 4 is 39.8 Å². The molecule has 3 aromatic rings. The Hall–Kier alpha value is -3.30. The molecule has 2 heterocycles. The third-order valence-corrected chi connectivity index (χ3v) is 6.03. The van der Waals surface area contributed by atoms with Crippen molar-refractivity contribution < 1.29 is 9.53 Å². The fraction of sp³-hybridized carbons (Fsp3) is 0.292. The highest BCUT2D eigenvalue weighted by Crippen LogP contribution is 2.37. The zero-order chi connectivity index (χ0) is 22.1. The number of hydrogen-bond acceptors (Lipinski definition) is 4. The molecule has 31 heavy (non-hydrogen) atoms. The van der Waals surface area contributed by atoms with Crippen LogP contribution in [0.4, 0.5) is 11.4 Å². The third-order valence-electron chi connectivity index (χ3n) is 5.73. The third kappa shape index (κ3) is 4.01. The first kappa shape index (κ1) is 21.0. The molecule has 6 nitrogen and oxygen atoms in total. The van der Waals surface area contributed by atoms with E-state index in [0.717, 1.165) is 33.4 Å². The lowest BCUT2D eigenvalue weighted by Crippen LogP contribution is -2.35. The lowest BCUT2D eigenvalue weighted by Gasteiger charge is -2.31. The van der Waals surface area contributed by atoms with Gasteiger partial charge in [0.15, 0.2) is 5.69 Å². The molecule has 1 amide bonds. The summed E-state index contributed by atoms with van der Waals surface area (Å²) in [7, 11) is 1.59.